The summed E-state index contributed by atoms with van der Waals surface area (Å²) in [6, 6.07) is 20.7. The first-order chi connectivity index (χ1) is 22.2. The highest BCUT2D eigenvalue weighted by atomic mass is 32.2. The summed E-state index contributed by atoms with van der Waals surface area (Å²) in [6.45, 7) is 6.77. The predicted molar refractivity (Wildman–Crippen MR) is 174 cm³/mol. The maximum absolute atomic E-state index is 13.0. The van der Waals surface area contributed by atoms with Gasteiger partial charge in [-0.1, -0.05) is 55.1 Å². The second kappa shape index (κ2) is 16.8. The first-order valence-electron chi connectivity index (χ1n) is 14.1. The summed E-state index contributed by atoms with van der Waals surface area (Å²) in [6.07, 6.45) is 1.93. The van der Waals surface area contributed by atoms with Crippen molar-refractivity contribution in [2.75, 3.05) is 0 Å². The van der Waals surface area contributed by atoms with E-state index < -0.39 is 39.7 Å². The van der Waals surface area contributed by atoms with Gasteiger partial charge in [-0.25, -0.2) is 17.5 Å². The molecule has 1 aromatic heterocycles. The maximum atomic E-state index is 13.0. The van der Waals surface area contributed by atoms with Gasteiger partial charge in [0.25, 0.3) is 10.0 Å². The molecule has 0 aliphatic rings. The molecule has 4 rings (SSSR count). The van der Waals surface area contributed by atoms with Crippen molar-refractivity contribution in [2.45, 2.75) is 56.2 Å². The Morgan fingerprint density at radius 3 is 2.15 bits per heavy atom. The van der Waals surface area contributed by atoms with E-state index in [2.05, 4.69) is 16.1 Å². The van der Waals surface area contributed by atoms with Crippen molar-refractivity contribution in [3.63, 3.8) is 0 Å². The largest absolute Gasteiger partial charge is 0.465 e. The van der Waals surface area contributed by atoms with Crippen molar-refractivity contribution in [3.05, 3.63) is 126 Å². The Bertz CT molecular complexity index is 1830. The summed E-state index contributed by atoms with van der Waals surface area (Å²) in [7, 11) is -5.59. The van der Waals surface area contributed by atoms with Crippen LogP contribution in [0.5, 0.6) is 5.75 Å². The quantitative estimate of drug-likeness (QED) is 0.119. The molecule has 0 fully saturated rings. The molecule has 0 radical (unpaired) electrons. The predicted octanol–water partition coefficient (Wildman–Crippen LogP) is 8.00. The van der Waals surface area contributed by atoms with Gasteiger partial charge in [-0.3, -0.25) is 9.00 Å². The van der Waals surface area contributed by atoms with Crippen LogP contribution in [0, 0.1) is 13.8 Å². The van der Waals surface area contributed by atoms with Gasteiger partial charge in [-0.2, -0.15) is 8.78 Å². The van der Waals surface area contributed by atoms with Gasteiger partial charge in [0.1, 0.15) is 11.5 Å². The van der Waals surface area contributed by atoms with E-state index in [0.717, 1.165) is 11.1 Å². The van der Waals surface area contributed by atoms with Crippen LogP contribution in [0.3, 0.4) is 0 Å². The molecule has 2 unspecified atom stereocenters. The molecule has 1 N–H and O–H groups in total. The van der Waals surface area contributed by atoms with E-state index in [4.69, 9.17) is 4.42 Å². The minimum Gasteiger partial charge on any atom is -0.465 e. The van der Waals surface area contributed by atoms with E-state index in [1.54, 1.807) is 87.5 Å². The lowest BCUT2D eigenvalue weighted by Crippen LogP contribution is -2.30. The van der Waals surface area contributed by atoms with E-state index in [1.165, 1.54) is 31.2 Å². The van der Waals surface area contributed by atoms with Gasteiger partial charge in [0, 0.05) is 17.4 Å². The van der Waals surface area contributed by atoms with Crippen molar-refractivity contribution in [2.24, 2.45) is 0 Å². The van der Waals surface area contributed by atoms with Crippen LogP contribution in [0.4, 0.5) is 13.2 Å². The number of halogens is 3. The fourth-order valence-corrected chi connectivity index (χ4v) is 6.55. The number of alkyl halides is 3. The lowest BCUT2D eigenvalue weighted by molar-refractivity contribution is -0.0498. The number of hydrogen-bond donors (Lipinski definition) is 1. The highest BCUT2D eigenvalue weighted by Crippen LogP contribution is 2.26. The molecule has 2 atom stereocenters. The third-order valence-electron chi connectivity index (χ3n) is 6.37. The molecule has 47 heavy (non-hydrogen) atoms. The summed E-state index contributed by atoms with van der Waals surface area (Å²) < 4.78 is 91.3. The number of amides is 1. The van der Waals surface area contributed by atoms with E-state index in [0.29, 0.717) is 27.5 Å². The van der Waals surface area contributed by atoms with Crippen LogP contribution in [-0.4, -0.2) is 31.5 Å². The first-order valence-corrected chi connectivity index (χ1v) is 16.9. The Morgan fingerprint density at radius 2 is 1.60 bits per heavy atom. The summed E-state index contributed by atoms with van der Waals surface area (Å²) in [5.74, 6) is -0.145. The van der Waals surface area contributed by atoms with Crippen LogP contribution in [0.15, 0.2) is 118 Å². The number of furan rings is 1. The number of ether oxygens (including phenoxy) is 2. The lowest BCUT2D eigenvalue weighted by atomic mass is 10.1. The number of nitrogens with one attached hydrogen (secondary N) is 1. The fraction of sp³-hybridized carbons (Fsp3) is 0.206. The van der Waals surface area contributed by atoms with Gasteiger partial charge in [-0.15, -0.1) is 0 Å². The number of hydrogen-bond acceptors (Lipinski definition) is 7. The molecule has 8 nitrogen and oxygen atoms in total. The number of aryl methyl sites for hydroxylation is 2. The number of allylic oxidation sites excluding steroid dienone is 3. The second-order valence-corrected chi connectivity index (χ2v) is 13.1. The van der Waals surface area contributed by atoms with Gasteiger partial charge in [-0.05, 0) is 79.9 Å². The van der Waals surface area contributed by atoms with Crippen LogP contribution >= 0.6 is 0 Å². The average Bonchev–Trinajstić information content (AvgIpc) is 3.37. The smallest absolute Gasteiger partial charge is 0.387 e. The summed E-state index contributed by atoms with van der Waals surface area (Å²) in [5, 5.41) is 0. The molecule has 0 spiro atoms. The molecule has 0 aliphatic carbocycles. The zero-order chi connectivity index (χ0) is 34.7. The standard InChI is InChI=1S/C27H23F2NO6S2.C7H11FO/c1-17-5-3-4-6-25(17)38(33,34)30-26(31)24-15-21(18(2)35-24)16-37(32)23-13-9-20(10-14-23)19-7-11-22(12-8-19)36-27(28)29;1-4-5-6(2)9-7(3)8/h3-15,27H,16H2,1-2H3,(H,30,31);4-5,7H,1H2,2-3H3/b;6-5+. The van der Waals surface area contributed by atoms with Gasteiger partial charge in [0.15, 0.2) is 5.76 Å². The molecule has 0 bridgehead atoms. The average molecular weight is 690 g/mol. The SMILES string of the molecule is C=C/C=C(\C)OC(C)F.Cc1ccccc1S(=O)(=O)NC(=O)c1cc(CS(=O)c2ccc(-c3ccc(OC(F)F)cc3)cc2)c(C)o1. The van der Waals surface area contributed by atoms with Crippen molar-refractivity contribution in [1.82, 2.24) is 4.72 Å². The number of carbonyl (C=O) groups is 1. The monoisotopic (exact) mass is 689 g/mol. The van der Waals surface area contributed by atoms with Crippen molar-refractivity contribution >= 4 is 26.7 Å². The summed E-state index contributed by atoms with van der Waals surface area (Å²) in [4.78, 5) is 13.1. The second-order valence-electron chi connectivity index (χ2n) is 9.98. The molecule has 1 heterocycles. The van der Waals surface area contributed by atoms with Crippen LogP contribution in [0.25, 0.3) is 11.1 Å². The van der Waals surface area contributed by atoms with E-state index in [-0.39, 0.29) is 22.2 Å². The number of benzene rings is 3. The number of carbonyl (C=O) groups excluding carboxylic acids is 1. The fourth-order valence-electron chi connectivity index (χ4n) is 4.17. The molecule has 250 valence electrons. The Morgan fingerprint density at radius 1 is 1.00 bits per heavy atom. The summed E-state index contributed by atoms with van der Waals surface area (Å²) >= 11 is 0. The zero-order valence-electron chi connectivity index (χ0n) is 26.0. The van der Waals surface area contributed by atoms with Gasteiger partial charge >= 0.3 is 12.5 Å². The minimum atomic E-state index is -4.10. The van der Waals surface area contributed by atoms with Gasteiger partial charge < -0.3 is 13.9 Å². The van der Waals surface area contributed by atoms with Crippen LogP contribution in [-0.2, 0) is 31.3 Å². The zero-order valence-corrected chi connectivity index (χ0v) is 27.7. The highest BCUT2D eigenvalue weighted by Gasteiger charge is 2.24. The molecule has 3 aromatic carbocycles. The topological polar surface area (TPSA) is 112 Å². The van der Waals surface area contributed by atoms with Crippen LogP contribution in [0.1, 0.15) is 41.3 Å². The van der Waals surface area contributed by atoms with Crippen LogP contribution < -0.4 is 9.46 Å². The molecule has 0 aliphatic heterocycles. The van der Waals surface area contributed by atoms with Crippen LogP contribution in [0.2, 0.25) is 0 Å². The number of rotatable bonds is 12. The molecular weight excluding hydrogens is 656 g/mol. The first kappa shape index (κ1) is 36.8. The molecule has 1 amide bonds. The molecule has 4 aromatic rings. The van der Waals surface area contributed by atoms with Crippen molar-refractivity contribution < 1.29 is 44.5 Å². The summed E-state index contributed by atoms with van der Waals surface area (Å²) in [5.41, 5.74) is 2.55. The van der Waals surface area contributed by atoms with Crippen molar-refractivity contribution in [1.29, 1.82) is 0 Å². The van der Waals surface area contributed by atoms with Gasteiger partial charge in [0.2, 0.25) is 6.36 Å². The van der Waals surface area contributed by atoms with Gasteiger partial charge in [0.05, 0.1) is 27.2 Å². The molecule has 13 heteroatoms. The van der Waals surface area contributed by atoms with E-state index >= 15 is 0 Å². The molecule has 0 saturated carbocycles. The van der Waals surface area contributed by atoms with E-state index in [9.17, 15) is 30.6 Å². The Kier molecular flexibility index (Phi) is 13.2. The van der Waals surface area contributed by atoms with E-state index in [1.807, 2.05) is 4.72 Å². The molecular formula is C34H34F3NO7S2. The Labute approximate surface area is 274 Å². The number of sulfonamides is 1. The molecule has 0 saturated heterocycles. The third-order valence-corrected chi connectivity index (χ3v) is 9.23. The third kappa shape index (κ3) is 11.0. The maximum Gasteiger partial charge on any atom is 0.387 e. The van der Waals surface area contributed by atoms with Crippen molar-refractivity contribution in [3.8, 4) is 16.9 Å². The Balaban J connectivity index is 0.000000584. The minimum absolute atomic E-state index is 0.0150. The Hall–Kier alpha value is -4.62. The highest BCUT2D eigenvalue weighted by molar-refractivity contribution is 7.90. The normalized spacial score (nSPS) is 12.8. The lowest BCUT2D eigenvalue weighted by Gasteiger charge is -2.07.